The highest BCUT2D eigenvalue weighted by atomic mass is 16.2. The van der Waals surface area contributed by atoms with Crippen molar-refractivity contribution < 1.29 is 4.79 Å². The van der Waals surface area contributed by atoms with E-state index in [-0.39, 0.29) is 5.91 Å². The second-order valence-electron chi connectivity index (χ2n) is 7.92. The molecule has 1 aromatic carbocycles. The number of rotatable bonds is 3. The lowest BCUT2D eigenvalue weighted by Gasteiger charge is -2.35. The Labute approximate surface area is 150 Å². The average molecular weight is 336 g/mol. The summed E-state index contributed by atoms with van der Waals surface area (Å²) in [6.07, 6.45) is 9.72. The Morgan fingerprint density at radius 1 is 0.960 bits per heavy atom. The predicted octanol–water partition coefficient (Wildman–Crippen LogP) is 5.18. The number of carbonyl (C=O) groups is 1. The minimum atomic E-state index is 0.236. The number of carbonyl (C=O) groups excluding carboxylic acids is 1. The first kappa shape index (κ1) is 16.6. The minimum absolute atomic E-state index is 0.236. The van der Waals surface area contributed by atoms with Crippen molar-refractivity contribution in [2.24, 2.45) is 0 Å². The van der Waals surface area contributed by atoms with Gasteiger partial charge in [0.1, 0.15) is 0 Å². The van der Waals surface area contributed by atoms with Crippen LogP contribution in [0.25, 0.3) is 10.9 Å². The molecule has 4 rings (SSSR count). The van der Waals surface area contributed by atoms with Crippen LogP contribution >= 0.6 is 0 Å². The van der Waals surface area contributed by atoms with E-state index in [1.165, 1.54) is 56.9 Å². The number of benzene rings is 1. The fraction of sp³-hybridized carbons (Fsp3) is 0.545. The van der Waals surface area contributed by atoms with Crippen LogP contribution in [0.15, 0.2) is 24.3 Å². The summed E-state index contributed by atoms with van der Waals surface area (Å²) in [5.74, 6) is 0.236. The normalized spacial score (nSPS) is 19.0. The van der Waals surface area contributed by atoms with E-state index < -0.39 is 0 Å². The smallest absolute Gasteiger partial charge is 0.255 e. The molecule has 0 atom stereocenters. The summed E-state index contributed by atoms with van der Waals surface area (Å²) in [6, 6.07) is 9.11. The first-order chi connectivity index (χ1) is 12.1. The number of pyridine rings is 1. The van der Waals surface area contributed by atoms with Crippen LogP contribution in [0.4, 0.5) is 0 Å². The van der Waals surface area contributed by atoms with Crippen LogP contribution in [-0.2, 0) is 0 Å². The van der Waals surface area contributed by atoms with Gasteiger partial charge in [0.05, 0.1) is 11.1 Å². The molecule has 25 heavy (non-hydrogen) atoms. The van der Waals surface area contributed by atoms with Crippen LogP contribution in [0.3, 0.4) is 0 Å². The number of nitrogens with zero attached hydrogens (tertiary/aromatic N) is 2. The standard InChI is InChI=1S/C22H28N2O/c1-15-11-12-21-19(13-15)20(14-16(2)23-21)22(25)24(17-7-3-4-8-17)18-9-5-6-10-18/h11-14,17-18H,3-10H2,1-2H3. The van der Waals surface area contributed by atoms with Crippen LogP contribution < -0.4 is 0 Å². The summed E-state index contributed by atoms with van der Waals surface area (Å²) in [5, 5.41) is 1.01. The number of hydrogen-bond acceptors (Lipinski definition) is 2. The SMILES string of the molecule is Cc1ccc2nc(C)cc(C(=O)N(C3CCCC3)C3CCCC3)c2c1. The number of fused-ring (bicyclic) bond motifs is 1. The van der Waals surface area contributed by atoms with Crippen molar-refractivity contribution in [2.45, 2.75) is 77.3 Å². The Morgan fingerprint density at radius 2 is 1.56 bits per heavy atom. The molecule has 2 fully saturated rings. The van der Waals surface area contributed by atoms with Gasteiger partial charge >= 0.3 is 0 Å². The molecule has 0 spiro atoms. The zero-order valence-electron chi connectivity index (χ0n) is 15.4. The molecule has 2 aliphatic rings. The van der Waals surface area contributed by atoms with E-state index in [9.17, 15) is 4.79 Å². The van der Waals surface area contributed by atoms with Crippen molar-refractivity contribution in [1.29, 1.82) is 0 Å². The summed E-state index contributed by atoms with van der Waals surface area (Å²) < 4.78 is 0. The van der Waals surface area contributed by atoms with Crippen LogP contribution in [0.5, 0.6) is 0 Å². The Bertz CT molecular complexity index is 770. The molecule has 0 unspecified atom stereocenters. The first-order valence-electron chi connectivity index (χ1n) is 9.84. The highest BCUT2D eigenvalue weighted by molar-refractivity contribution is 6.06. The lowest BCUT2D eigenvalue weighted by Crippen LogP contribution is -2.45. The van der Waals surface area contributed by atoms with Gasteiger partial charge in [0, 0.05) is 23.2 Å². The van der Waals surface area contributed by atoms with Crippen LogP contribution in [0, 0.1) is 13.8 Å². The fourth-order valence-corrected chi connectivity index (χ4v) is 4.78. The van der Waals surface area contributed by atoms with E-state index in [4.69, 9.17) is 0 Å². The van der Waals surface area contributed by atoms with Gasteiger partial charge in [-0.3, -0.25) is 9.78 Å². The summed E-state index contributed by atoms with van der Waals surface area (Å²) in [5.41, 5.74) is 3.90. The van der Waals surface area contributed by atoms with E-state index in [1.807, 2.05) is 19.1 Å². The summed E-state index contributed by atoms with van der Waals surface area (Å²) >= 11 is 0. The topological polar surface area (TPSA) is 33.2 Å². The predicted molar refractivity (Wildman–Crippen MR) is 102 cm³/mol. The quantitative estimate of drug-likeness (QED) is 0.774. The van der Waals surface area contributed by atoms with Crippen molar-refractivity contribution in [1.82, 2.24) is 9.88 Å². The highest BCUT2D eigenvalue weighted by Crippen LogP contribution is 2.34. The van der Waals surface area contributed by atoms with Gasteiger partial charge in [-0.25, -0.2) is 0 Å². The Morgan fingerprint density at radius 3 is 2.16 bits per heavy atom. The summed E-state index contributed by atoms with van der Waals surface area (Å²) in [7, 11) is 0. The number of hydrogen-bond donors (Lipinski definition) is 0. The maximum atomic E-state index is 13.7. The monoisotopic (exact) mass is 336 g/mol. The van der Waals surface area contributed by atoms with Gasteiger partial charge in [-0.05, 0) is 57.7 Å². The zero-order chi connectivity index (χ0) is 17.4. The third kappa shape index (κ3) is 3.17. The largest absolute Gasteiger partial charge is 0.333 e. The fourth-order valence-electron chi connectivity index (χ4n) is 4.78. The van der Waals surface area contributed by atoms with E-state index >= 15 is 0 Å². The molecule has 0 N–H and O–H groups in total. The van der Waals surface area contributed by atoms with Gasteiger partial charge in [0.25, 0.3) is 5.91 Å². The third-order valence-electron chi connectivity index (χ3n) is 5.99. The molecular weight excluding hydrogens is 308 g/mol. The lowest BCUT2D eigenvalue weighted by atomic mass is 10.0. The molecule has 0 saturated heterocycles. The molecule has 3 heteroatoms. The van der Waals surface area contributed by atoms with Gasteiger partial charge in [-0.2, -0.15) is 0 Å². The first-order valence-corrected chi connectivity index (χ1v) is 9.84. The zero-order valence-corrected chi connectivity index (χ0v) is 15.4. The van der Waals surface area contributed by atoms with Crippen LogP contribution in [0.1, 0.15) is 73.0 Å². The summed E-state index contributed by atoms with van der Waals surface area (Å²) in [6.45, 7) is 4.07. The van der Waals surface area contributed by atoms with Crippen molar-refractivity contribution in [3.05, 3.63) is 41.1 Å². The van der Waals surface area contributed by atoms with E-state index in [0.29, 0.717) is 12.1 Å². The van der Waals surface area contributed by atoms with Crippen molar-refractivity contribution in [2.75, 3.05) is 0 Å². The minimum Gasteiger partial charge on any atom is -0.333 e. The van der Waals surface area contributed by atoms with Gasteiger partial charge in [-0.15, -0.1) is 0 Å². The maximum Gasteiger partial charge on any atom is 0.255 e. The average Bonchev–Trinajstić information content (AvgIpc) is 3.29. The molecule has 2 saturated carbocycles. The molecule has 2 aliphatic carbocycles. The molecule has 132 valence electrons. The molecule has 2 aromatic rings. The van der Waals surface area contributed by atoms with Crippen molar-refractivity contribution in [3.63, 3.8) is 0 Å². The second kappa shape index (κ2) is 6.78. The highest BCUT2D eigenvalue weighted by Gasteiger charge is 2.35. The number of aryl methyl sites for hydroxylation is 2. The van der Waals surface area contributed by atoms with E-state index in [2.05, 4.69) is 28.9 Å². The van der Waals surface area contributed by atoms with E-state index in [1.54, 1.807) is 0 Å². The van der Waals surface area contributed by atoms with Crippen LogP contribution in [-0.4, -0.2) is 27.9 Å². The number of aromatic nitrogens is 1. The second-order valence-corrected chi connectivity index (χ2v) is 7.92. The molecule has 0 radical (unpaired) electrons. The van der Waals surface area contributed by atoms with Gasteiger partial charge in [-0.1, -0.05) is 37.3 Å². The Kier molecular flexibility index (Phi) is 4.49. The molecule has 0 bridgehead atoms. The maximum absolute atomic E-state index is 13.7. The van der Waals surface area contributed by atoms with Crippen molar-refractivity contribution >= 4 is 16.8 Å². The third-order valence-corrected chi connectivity index (χ3v) is 5.99. The van der Waals surface area contributed by atoms with Crippen molar-refractivity contribution in [3.8, 4) is 0 Å². The van der Waals surface area contributed by atoms with E-state index in [0.717, 1.165) is 22.2 Å². The van der Waals surface area contributed by atoms with Gasteiger partial charge < -0.3 is 4.90 Å². The molecule has 1 heterocycles. The molecule has 0 aliphatic heterocycles. The number of amides is 1. The van der Waals surface area contributed by atoms with Crippen LogP contribution in [0.2, 0.25) is 0 Å². The summed E-state index contributed by atoms with van der Waals surface area (Å²) in [4.78, 5) is 20.6. The molecular formula is C22H28N2O. The molecule has 3 nitrogen and oxygen atoms in total. The Hall–Kier alpha value is -1.90. The van der Waals surface area contributed by atoms with Gasteiger partial charge in [0.2, 0.25) is 0 Å². The lowest BCUT2D eigenvalue weighted by molar-refractivity contribution is 0.0582. The molecule has 1 aromatic heterocycles. The molecule has 1 amide bonds. The van der Waals surface area contributed by atoms with Gasteiger partial charge in [0.15, 0.2) is 0 Å². The Balaban J connectivity index is 1.79.